The summed E-state index contributed by atoms with van der Waals surface area (Å²) in [5.74, 6) is 1.25. The van der Waals surface area contributed by atoms with Crippen molar-refractivity contribution in [1.29, 1.82) is 0 Å². The number of carbonyl (C=O) groups is 1. The molecule has 0 radical (unpaired) electrons. The van der Waals surface area contributed by atoms with Gasteiger partial charge in [-0.3, -0.25) is 0 Å². The molecular formula is C14H13Br2N3O3. The number of carbonyl (C=O) groups excluding carboxylic acids is 1. The lowest BCUT2D eigenvalue weighted by molar-refractivity contribution is 0.252. The Bertz CT molecular complexity index is 649. The highest BCUT2D eigenvalue weighted by Crippen LogP contribution is 2.25. The maximum Gasteiger partial charge on any atom is 0.339 e. The van der Waals surface area contributed by atoms with Gasteiger partial charge in [-0.25, -0.2) is 10.2 Å². The van der Waals surface area contributed by atoms with Gasteiger partial charge in [-0.05, 0) is 63.0 Å². The molecule has 8 heteroatoms. The van der Waals surface area contributed by atoms with Crippen LogP contribution in [-0.2, 0) is 0 Å². The Kier molecular flexibility index (Phi) is 6.02. The first-order valence-corrected chi connectivity index (χ1v) is 7.95. The first-order valence-electron chi connectivity index (χ1n) is 6.36. The van der Waals surface area contributed by atoms with Crippen molar-refractivity contribution >= 4 is 49.8 Å². The number of urea groups is 1. The number of benzene rings is 1. The van der Waals surface area contributed by atoms with Crippen LogP contribution in [0.15, 0.2) is 49.0 Å². The van der Waals surface area contributed by atoms with Gasteiger partial charge in [0.1, 0.15) is 11.5 Å². The fraction of sp³-hybridized carbons (Fsp3) is 0.143. The lowest BCUT2D eigenvalue weighted by atomic mass is 10.3. The van der Waals surface area contributed by atoms with Crippen molar-refractivity contribution in [1.82, 2.24) is 5.43 Å². The molecule has 1 aromatic heterocycles. The molecule has 0 aliphatic carbocycles. The van der Waals surface area contributed by atoms with E-state index in [2.05, 4.69) is 47.7 Å². The van der Waals surface area contributed by atoms with E-state index in [1.165, 1.54) is 6.21 Å². The molecule has 116 valence electrons. The second-order valence-electron chi connectivity index (χ2n) is 4.05. The van der Waals surface area contributed by atoms with Crippen LogP contribution in [0.1, 0.15) is 12.7 Å². The summed E-state index contributed by atoms with van der Waals surface area (Å²) in [5.41, 5.74) is 2.98. The standard InChI is InChI=1S/C14H13Br2N3O3/c1-2-21-10-5-3-9(4-6-10)18-14(20)19-17-8-11-7-12(15)13(16)22-11/h3-8H,2H2,1H3,(H2,18,19,20)/b17-8+. The molecule has 0 aliphatic heterocycles. The third kappa shape index (κ3) is 4.88. The average molecular weight is 431 g/mol. The van der Waals surface area contributed by atoms with Crippen molar-refractivity contribution < 1.29 is 13.9 Å². The number of hydrazone groups is 1. The molecule has 6 nitrogen and oxygen atoms in total. The van der Waals surface area contributed by atoms with Crippen molar-refractivity contribution in [3.05, 3.63) is 45.2 Å². The molecule has 0 atom stereocenters. The summed E-state index contributed by atoms with van der Waals surface area (Å²) in [5, 5.41) is 6.44. The topological polar surface area (TPSA) is 75.9 Å². The molecule has 0 unspecified atom stereocenters. The van der Waals surface area contributed by atoms with Crippen molar-refractivity contribution in [2.45, 2.75) is 6.92 Å². The first kappa shape index (κ1) is 16.6. The number of hydrogen-bond donors (Lipinski definition) is 2. The summed E-state index contributed by atoms with van der Waals surface area (Å²) in [6.45, 7) is 2.51. The summed E-state index contributed by atoms with van der Waals surface area (Å²) >= 11 is 6.50. The number of furan rings is 1. The molecule has 1 aromatic carbocycles. The highest BCUT2D eigenvalue weighted by atomic mass is 79.9. The number of anilines is 1. The van der Waals surface area contributed by atoms with Gasteiger partial charge in [0.05, 0.1) is 17.3 Å². The number of amides is 2. The maximum atomic E-state index is 11.7. The minimum atomic E-state index is -0.454. The second-order valence-corrected chi connectivity index (χ2v) is 5.63. The zero-order valence-corrected chi connectivity index (χ0v) is 14.8. The van der Waals surface area contributed by atoms with Gasteiger partial charge in [0, 0.05) is 11.8 Å². The Balaban J connectivity index is 1.84. The number of ether oxygens (including phenoxy) is 1. The predicted octanol–water partition coefficient (Wildman–Crippen LogP) is 4.36. The molecule has 2 N–H and O–H groups in total. The Morgan fingerprint density at radius 2 is 2.09 bits per heavy atom. The Morgan fingerprint density at radius 3 is 2.68 bits per heavy atom. The highest BCUT2D eigenvalue weighted by Gasteiger charge is 2.04. The van der Waals surface area contributed by atoms with E-state index in [-0.39, 0.29) is 0 Å². The van der Waals surface area contributed by atoms with E-state index in [9.17, 15) is 4.79 Å². The van der Waals surface area contributed by atoms with E-state index in [1.807, 2.05) is 6.92 Å². The molecule has 2 rings (SSSR count). The van der Waals surface area contributed by atoms with Gasteiger partial charge in [-0.15, -0.1) is 0 Å². The summed E-state index contributed by atoms with van der Waals surface area (Å²) in [7, 11) is 0. The monoisotopic (exact) mass is 429 g/mol. The van der Waals surface area contributed by atoms with E-state index in [0.717, 1.165) is 10.2 Å². The quantitative estimate of drug-likeness (QED) is 0.546. The fourth-order valence-electron chi connectivity index (χ4n) is 1.54. The molecule has 0 spiro atoms. The summed E-state index contributed by atoms with van der Waals surface area (Å²) in [4.78, 5) is 11.7. The lowest BCUT2D eigenvalue weighted by Gasteiger charge is -2.06. The van der Waals surface area contributed by atoms with E-state index in [1.54, 1.807) is 30.3 Å². The number of halogens is 2. The highest BCUT2D eigenvalue weighted by molar-refractivity contribution is 9.13. The Labute approximate surface area is 144 Å². The maximum absolute atomic E-state index is 11.7. The largest absolute Gasteiger partial charge is 0.494 e. The molecule has 0 fully saturated rings. The predicted molar refractivity (Wildman–Crippen MR) is 91.5 cm³/mol. The fourth-order valence-corrected chi connectivity index (χ4v) is 2.15. The Morgan fingerprint density at radius 1 is 1.36 bits per heavy atom. The summed E-state index contributed by atoms with van der Waals surface area (Å²) < 4.78 is 11.9. The smallest absolute Gasteiger partial charge is 0.339 e. The normalized spacial score (nSPS) is 10.7. The van der Waals surface area contributed by atoms with Crippen LogP contribution in [0, 0.1) is 0 Å². The van der Waals surface area contributed by atoms with Crippen LogP contribution in [0.2, 0.25) is 0 Å². The minimum absolute atomic E-state index is 0.454. The number of rotatable bonds is 5. The van der Waals surface area contributed by atoms with Crippen LogP contribution >= 0.6 is 31.9 Å². The van der Waals surface area contributed by atoms with Crippen LogP contribution in [0.3, 0.4) is 0 Å². The molecule has 0 aliphatic rings. The van der Waals surface area contributed by atoms with Gasteiger partial charge in [0.2, 0.25) is 0 Å². The lowest BCUT2D eigenvalue weighted by Crippen LogP contribution is -2.24. The molecule has 2 aromatic rings. The van der Waals surface area contributed by atoms with Gasteiger partial charge in [0.25, 0.3) is 0 Å². The molecule has 0 bridgehead atoms. The van der Waals surface area contributed by atoms with E-state index < -0.39 is 6.03 Å². The number of hydrogen-bond acceptors (Lipinski definition) is 4. The van der Waals surface area contributed by atoms with Crippen molar-refractivity contribution in [2.75, 3.05) is 11.9 Å². The van der Waals surface area contributed by atoms with Crippen molar-refractivity contribution in [3.63, 3.8) is 0 Å². The van der Waals surface area contributed by atoms with E-state index in [0.29, 0.717) is 22.7 Å². The third-order valence-corrected chi connectivity index (χ3v) is 4.16. The molecular weight excluding hydrogens is 418 g/mol. The Hall–Kier alpha value is -1.80. The van der Waals surface area contributed by atoms with Crippen molar-refractivity contribution in [2.24, 2.45) is 5.10 Å². The average Bonchev–Trinajstić information content (AvgIpc) is 2.80. The van der Waals surface area contributed by atoms with Gasteiger partial charge in [-0.1, -0.05) is 0 Å². The zero-order chi connectivity index (χ0) is 15.9. The second kappa shape index (κ2) is 8.00. The van der Waals surface area contributed by atoms with E-state index >= 15 is 0 Å². The van der Waals surface area contributed by atoms with Gasteiger partial charge < -0.3 is 14.5 Å². The van der Waals surface area contributed by atoms with Crippen LogP contribution in [0.4, 0.5) is 10.5 Å². The van der Waals surface area contributed by atoms with Gasteiger partial charge in [-0.2, -0.15) is 5.10 Å². The molecule has 22 heavy (non-hydrogen) atoms. The van der Waals surface area contributed by atoms with Gasteiger partial charge >= 0.3 is 6.03 Å². The zero-order valence-electron chi connectivity index (χ0n) is 11.6. The summed E-state index contributed by atoms with van der Waals surface area (Å²) in [6.07, 6.45) is 1.40. The number of nitrogens with one attached hydrogen (secondary N) is 2. The van der Waals surface area contributed by atoms with Crippen molar-refractivity contribution in [3.8, 4) is 5.75 Å². The molecule has 0 saturated carbocycles. The third-order valence-electron chi connectivity index (χ3n) is 2.45. The molecule has 0 saturated heterocycles. The van der Waals surface area contributed by atoms with E-state index in [4.69, 9.17) is 9.15 Å². The van der Waals surface area contributed by atoms with Crippen LogP contribution in [0.25, 0.3) is 0 Å². The molecule has 1 heterocycles. The minimum Gasteiger partial charge on any atom is -0.494 e. The van der Waals surface area contributed by atoms with Crippen LogP contribution in [-0.4, -0.2) is 18.9 Å². The molecule has 2 amide bonds. The van der Waals surface area contributed by atoms with Crippen LogP contribution in [0.5, 0.6) is 5.75 Å². The van der Waals surface area contributed by atoms with Gasteiger partial charge in [0.15, 0.2) is 4.67 Å². The SMILES string of the molecule is CCOc1ccc(NC(=O)N/N=C/c2cc(Br)c(Br)o2)cc1. The number of nitrogens with zero attached hydrogens (tertiary/aromatic N) is 1. The summed E-state index contributed by atoms with van der Waals surface area (Å²) in [6, 6.07) is 8.31. The first-order chi connectivity index (χ1) is 10.6. The van der Waals surface area contributed by atoms with Crippen LogP contribution < -0.4 is 15.5 Å².